The maximum Gasteiger partial charge on any atom is 0.276 e. The van der Waals surface area contributed by atoms with Crippen LogP contribution in [0.1, 0.15) is 37.7 Å². The molecule has 9 heteroatoms. The van der Waals surface area contributed by atoms with Gasteiger partial charge in [0, 0.05) is 38.1 Å². The zero-order valence-corrected chi connectivity index (χ0v) is 16.4. The van der Waals surface area contributed by atoms with E-state index < -0.39 is 17.3 Å². The molecule has 8 nitrogen and oxygen atoms in total. The van der Waals surface area contributed by atoms with Gasteiger partial charge in [0.05, 0.1) is 0 Å². The molecule has 2 aromatic heterocycles. The van der Waals surface area contributed by atoms with Gasteiger partial charge in [-0.15, -0.1) is 0 Å². The molecule has 1 N–H and O–H groups in total. The number of nitrogens with one attached hydrogen (secondary N) is 1. The molecule has 3 aromatic rings. The van der Waals surface area contributed by atoms with Crippen LogP contribution in [0.2, 0.25) is 0 Å². The molecule has 0 bridgehead atoms. The quantitative estimate of drug-likeness (QED) is 0.711. The third kappa shape index (κ3) is 3.38. The summed E-state index contributed by atoms with van der Waals surface area (Å²) in [5.41, 5.74) is 1.44. The van der Waals surface area contributed by atoms with Gasteiger partial charge in [0.15, 0.2) is 5.69 Å². The van der Waals surface area contributed by atoms with Crippen LogP contribution in [-0.4, -0.2) is 40.0 Å². The number of carbonyl (C=O) groups excluding carboxylic acids is 2. The van der Waals surface area contributed by atoms with Gasteiger partial charge >= 0.3 is 0 Å². The van der Waals surface area contributed by atoms with E-state index in [1.807, 2.05) is 0 Å². The van der Waals surface area contributed by atoms with E-state index in [-0.39, 0.29) is 23.7 Å². The molecule has 0 spiro atoms. The highest BCUT2D eigenvalue weighted by Crippen LogP contribution is 2.23. The number of hydrogen-bond donors (Lipinski definition) is 1. The fourth-order valence-electron chi connectivity index (χ4n) is 3.61. The highest BCUT2D eigenvalue weighted by Gasteiger charge is 2.29. The predicted molar refractivity (Wildman–Crippen MR) is 105 cm³/mol. The van der Waals surface area contributed by atoms with Gasteiger partial charge in [-0.05, 0) is 48.7 Å². The summed E-state index contributed by atoms with van der Waals surface area (Å²) in [7, 11) is 1.45. The Morgan fingerprint density at radius 3 is 2.60 bits per heavy atom. The molecule has 0 saturated carbocycles. The van der Waals surface area contributed by atoms with Gasteiger partial charge < -0.3 is 14.7 Å². The van der Waals surface area contributed by atoms with Crippen LogP contribution in [0, 0.1) is 12.7 Å². The van der Waals surface area contributed by atoms with Crippen LogP contribution in [-0.2, 0) is 13.0 Å². The number of nitrogens with zero attached hydrogens (tertiary/aromatic N) is 3. The van der Waals surface area contributed by atoms with E-state index in [9.17, 15) is 18.8 Å². The Kier molecular flexibility index (Phi) is 4.94. The Morgan fingerprint density at radius 2 is 1.97 bits per heavy atom. The molecule has 2 amide bonds. The lowest BCUT2D eigenvalue weighted by molar-refractivity contribution is 0.0723. The van der Waals surface area contributed by atoms with E-state index in [1.165, 1.54) is 35.9 Å². The Balaban J connectivity index is 1.80. The summed E-state index contributed by atoms with van der Waals surface area (Å²) in [5, 5.41) is 6.28. The molecule has 0 fully saturated rings. The van der Waals surface area contributed by atoms with Crippen LogP contribution in [0.15, 0.2) is 45.8 Å². The third-order valence-corrected chi connectivity index (χ3v) is 5.09. The molecule has 0 atom stereocenters. The summed E-state index contributed by atoms with van der Waals surface area (Å²) >= 11 is 0. The van der Waals surface area contributed by atoms with E-state index in [2.05, 4.69) is 10.5 Å². The van der Waals surface area contributed by atoms with Gasteiger partial charge in [0.2, 0.25) is 0 Å². The minimum atomic E-state index is -0.500. The highest BCUT2D eigenvalue weighted by atomic mass is 19.1. The SMILES string of the molecule is CNC(=O)c1c2c(cn(-c3ccc(F)cc3)c1=O)CN(C(=O)c1cc(C)on1)CC2. The van der Waals surface area contributed by atoms with Gasteiger partial charge in [-0.25, -0.2) is 4.39 Å². The van der Waals surface area contributed by atoms with Crippen molar-refractivity contribution >= 4 is 11.8 Å². The molecule has 0 unspecified atom stereocenters. The Hall–Kier alpha value is -3.75. The zero-order valence-electron chi connectivity index (χ0n) is 16.4. The van der Waals surface area contributed by atoms with Crippen molar-refractivity contribution in [2.45, 2.75) is 19.9 Å². The molecular weight excluding hydrogens is 391 g/mol. The number of benzene rings is 1. The van der Waals surface area contributed by atoms with Crippen molar-refractivity contribution in [1.82, 2.24) is 19.9 Å². The Morgan fingerprint density at radius 1 is 1.23 bits per heavy atom. The number of carbonyl (C=O) groups is 2. The summed E-state index contributed by atoms with van der Waals surface area (Å²) in [5.74, 6) is -0.697. The molecule has 30 heavy (non-hydrogen) atoms. The lowest BCUT2D eigenvalue weighted by atomic mass is 9.95. The van der Waals surface area contributed by atoms with Crippen molar-refractivity contribution in [2.75, 3.05) is 13.6 Å². The van der Waals surface area contributed by atoms with Gasteiger partial charge in [0.1, 0.15) is 17.1 Å². The highest BCUT2D eigenvalue weighted by molar-refractivity contribution is 5.96. The zero-order chi connectivity index (χ0) is 21.4. The van der Waals surface area contributed by atoms with Crippen LogP contribution >= 0.6 is 0 Å². The van der Waals surface area contributed by atoms with E-state index in [1.54, 1.807) is 24.1 Å². The number of halogens is 1. The number of rotatable bonds is 3. The summed E-state index contributed by atoms with van der Waals surface area (Å²) in [6, 6.07) is 6.96. The molecule has 1 aliphatic rings. The van der Waals surface area contributed by atoms with E-state index in [0.717, 1.165) is 0 Å². The maximum atomic E-state index is 13.3. The molecule has 1 aromatic carbocycles. The number of fused-ring (bicyclic) bond motifs is 1. The first-order valence-electron chi connectivity index (χ1n) is 9.37. The first kappa shape index (κ1) is 19.6. The molecule has 4 rings (SSSR count). The summed E-state index contributed by atoms with van der Waals surface area (Å²) in [6.45, 7) is 2.24. The second-order valence-corrected chi connectivity index (χ2v) is 7.04. The van der Waals surface area contributed by atoms with Crippen molar-refractivity contribution < 1.29 is 18.5 Å². The summed E-state index contributed by atoms with van der Waals surface area (Å²) in [6.07, 6.45) is 1.95. The first-order valence-corrected chi connectivity index (χ1v) is 9.37. The van der Waals surface area contributed by atoms with Crippen molar-refractivity contribution in [2.24, 2.45) is 0 Å². The third-order valence-electron chi connectivity index (χ3n) is 5.09. The van der Waals surface area contributed by atoms with E-state index in [0.29, 0.717) is 35.5 Å². The smallest absolute Gasteiger partial charge is 0.276 e. The topological polar surface area (TPSA) is 97.4 Å². The van der Waals surface area contributed by atoms with Gasteiger partial charge in [-0.1, -0.05) is 5.16 Å². The lowest BCUT2D eigenvalue weighted by Crippen LogP contribution is -2.40. The second kappa shape index (κ2) is 7.58. The van der Waals surface area contributed by atoms with Gasteiger partial charge in [0.25, 0.3) is 17.4 Å². The van der Waals surface area contributed by atoms with Crippen LogP contribution in [0.5, 0.6) is 0 Å². The number of hydrogen-bond acceptors (Lipinski definition) is 5. The molecular formula is C21H19FN4O4. The number of pyridine rings is 1. The minimum Gasteiger partial charge on any atom is -0.361 e. The summed E-state index contributed by atoms with van der Waals surface area (Å²) < 4.78 is 19.6. The standard InChI is InChI=1S/C21H19FN4O4/c1-12-9-17(24-30-12)20(28)25-8-7-16-13(10-25)11-26(15-5-3-14(22)4-6-15)21(29)18(16)19(27)23-2/h3-6,9,11H,7-8,10H2,1-2H3,(H,23,27). The van der Waals surface area contributed by atoms with Crippen molar-refractivity contribution in [3.63, 3.8) is 0 Å². The molecule has 154 valence electrons. The van der Waals surface area contributed by atoms with Crippen molar-refractivity contribution in [3.8, 4) is 5.69 Å². The number of aryl methyl sites for hydroxylation is 1. The number of aromatic nitrogens is 2. The van der Waals surface area contributed by atoms with Crippen molar-refractivity contribution in [1.29, 1.82) is 0 Å². The fraction of sp³-hybridized carbons (Fsp3) is 0.238. The normalized spacial score (nSPS) is 13.1. The minimum absolute atomic E-state index is 0.0312. The second-order valence-electron chi connectivity index (χ2n) is 7.04. The first-order chi connectivity index (χ1) is 14.4. The molecule has 0 saturated heterocycles. The van der Waals surface area contributed by atoms with Crippen LogP contribution in [0.3, 0.4) is 0 Å². The maximum absolute atomic E-state index is 13.3. The van der Waals surface area contributed by atoms with E-state index >= 15 is 0 Å². The van der Waals surface area contributed by atoms with E-state index in [4.69, 9.17) is 4.52 Å². The Bertz CT molecular complexity index is 1200. The van der Waals surface area contributed by atoms with Crippen molar-refractivity contribution in [3.05, 3.63) is 80.8 Å². The largest absolute Gasteiger partial charge is 0.361 e. The number of amides is 2. The van der Waals surface area contributed by atoms with Crippen LogP contribution < -0.4 is 10.9 Å². The predicted octanol–water partition coefficient (Wildman–Crippen LogP) is 1.83. The van der Waals surface area contributed by atoms with Gasteiger partial charge in [-0.3, -0.25) is 19.0 Å². The lowest BCUT2D eigenvalue weighted by Gasteiger charge is -2.30. The van der Waals surface area contributed by atoms with Gasteiger partial charge in [-0.2, -0.15) is 0 Å². The average molecular weight is 410 g/mol. The monoisotopic (exact) mass is 410 g/mol. The molecule has 0 aliphatic carbocycles. The molecule has 3 heterocycles. The molecule has 0 radical (unpaired) electrons. The van der Waals surface area contributed by atoms with Crippen LogP contribution in [0.4, 0.5) is 4.39 Å². The molecule has 1 aliphatic heterocycles. The summed E-state index contributed by atoms with van der Waals surface area (Å²) in [4.78, 5) is 39.9. The van der Waals surface area contributed by atoms with Crippen LogP contribution in [0.25, 0.3) is 5.69 Å². The average Bonchev–Trinajstić information content (AvgIpc) is 3.19. The fourth-order valence-corrected chi connectivity index (χ4v) is 3.61. The Labute approximate surface area is 170 Å².